The molecule has 0 fully saturated rings. The fraction of sp³-hybridized carbons (Fsp3) is 0.182. The van der Waals surface area contributed by atoms with Crippen molar-refractivity contribution in [3.63, 3.8) is 0 Å². The molecule has 0 N–H and O–H groups in total. The highest BCUT2D eigenvalue weighted by molar-refractivity contribution is 5.56. The van der Waals surface area contributed by atoms with Crippen molar-refractivity contribution < 1.29 is 4.74 Å². The molecule has 0 aliphatic heterocycles. The SMILES string of the molecule is CC(C)c1ccccc1C(OC(c1ccccc1)(c1ccccc1)c1ccccc1C(C)C)(c1ccccc1)c1ccccc1. The Kier molecular flexibility index (Phi) is 8.83. The highest BCUT2D eigenvalue weighted by Crippen LogP contribution is 2.53. The maximum absolute atomic E-state index is 8.32. The van der Waals surface area contributed by atoms with Gasteiger partial charge in [0, 0.05) is 0 Å². The van der Waals surface area contributed by atoms with Crippen LogP contribution >= 0.6 is 0 Å². The average Bonchev–Trinajstić information content (AvgIpc) is 3.11. The largest absolute Gasteiger partial charge is 0.340 e. The van der Waals surface area contributed by atoms with Gasteiger partial charge in [-0.3, -0.25) is 0 Å². The van der Waals surface area contributed by atoms with Crippen LogP contribution in [0.5, 0.6) is 0 Å². The number of hydrogen-bond acceptors (Lipinski definition) is 1. The van der Waals surface area contributed by atoms with E-state index in [-0.39, 0.29) is 11.8 Å². The van der Waals surface area contributed by atoms with E-state index in [1.54, 1.807) is 0 Å². The number of rotatable bonds is 10. The summed E-state index contributed by atoms with van der Waals surface area (Å²) in [6, 6.07) is 60.8. The van der Waals surface area contributed by atoms with Crippen LogP contribution in [0.3, 0.4) is 0 Å². The maximum Gasteiger partial charge on any atom is 0.146 e. The summed E-state index contributed by atoms with van der Waals surface area (Å²) in [6.45, 7) is 9.09. The normalized spacial score (nSPS) is 12.0. The van der Waals surface area contributed by atoms with Gasteiger partial charge in [0.25, 0.3) is 0 Å². The third kappa shape index (κ3) is 5.54. The van der Waals surface area contributed by atoms with Gasteiger partial charge >= 0.3 is 0 Å². The van der Waals surface area contributed by atoms with Gasteiger partial charge in [-0.25, -0.2) is 0 Å². The van der Waals surface area contributed by atoms with E-state index in [0.29, 0.717) is 0 Å². The topological polar surface area (TPSA) is 9.23 Å². The van der Waals surface area contributed by atoms with Crippen LogP contribution in [0.4, 0.5) is 0 Å². The molecule has 0 amide bonds. The van der Waals surface area contributed by atoms with E-state index in [1.165, 1.54) is 11.1 Å². The van der Waals surface area contributed by atoms with Crippen molar-refractivity contribution in [1.82, 2.24) is 0 Å². The van der Waals surface area contributed by atoms with Gasteiger partial charge in [-0.1, -0.05) is 198 Å². The van der Waals surface area contributed by atoms with E-state index in [2.05, 4.69) is 198 Å². The van der Waals surface area contributed by atoms with Crippen LogP contribution in [0.15, 0.2) is 170 Å². The predicted octanol–water partition coefficient (Wildman–Crippen LogP) is 11.2. The van der Waals surface area contributed by atoms with Gasteiger partial charge in [0.05, 0.1) is 0 Å². The lowest BCUT2D eigenvalue weighted by atomic mass is 9.72. The van der Waals surface area contributed by atoms with Gasteiger partial charge in [-0.2, -0.15) is 0 Å². The smallest absolute Gasteiger partial charge is 0.146 e. The molecule has 0 saturated carbocycles. The van der Waals surface area contributed by atoms with Crippen molar-refractivity contribution >= 4 is 0 Å². The summed E-state index contributed by atoms with van der Waals surface area (Å²) in [5.74, 6) is 0.560. The van der Waals surface area contributed by atoms with Crippen molar-refractivity contribution in [2.24, 2.45) is 0 Å². The van der Waals surface area contributed by atoms with Crippen LogP contribution in [0.1, 0.15) is 84.0 Å². The molecule has 224 valence electrons. The fourth-order valence-corrected chi connectivity index (χ4v) is 6.86. The molecule has 0 saturated heterocycles. The molecular formula is C44H42O. The summed E-state index contributed by atoms with van der Waals surface area (Å²) in [6.07, 6.45) is 0. The summed E-state index contributed by atoms with van der Waals surface area (Å²) >= 11 is 0. The molecule has 6 aromatic rings. The Labute approximate surface area is 269 Å². The molecule has 1 nitrogen and oxygen atoms in total. The number of benzene rings is 6. The summed E-state index contributed by atoms with van der Waals surface area (Å²) in [5.41, 5.74) is 7.22. The number of hydrogen-bond donors (Lipinski definition) is 0. The van der Waals surface area contributed by atoms with E-state index in [1.807, 2.05) is 0 Å². The van der Waals surface area contributed by atoms with Gasteiger partial charge < -0.3 is 4.74 Å². The van der Waals surface area contributed by atoms with Gasteiger partial charge in [0.1, 0.15) is 11.2 Å². The standard InChI is InChI=1S/C44H42O/c1-33(2)39-29-17-19-31-41(39)43(35-21-9-5-10-22-35,36-23-11-6-12-24-36)45-44(37-25-13-7-14-26-37,38-27-15-8-16-28-38)42-32-20-18-30-40(42)34(3)4/h5-34H,1-4H3. The Morgan fingerprint density at radius 2 is 0.578 bits per heavy atom. The molecule has 0 unspecified atom stereocenters. The second kappa shape index (κ2) is 13.1. The van der Waals surface area contributed by atoms with Gasteiger partial charge in [0.2, 0.25) is 0 Å². The fourth-order valence-electron chi connectivity index (χ4n) is 6.86. The zero-order chi connectivity index (χ0) is 31.3. The first-order valence-corrected chi connectivity index (χ1v) is 16.1. The van der Waals surface area contributed by atoms with Crippen LogP contribution in [0, 0.1) is 0 Å². The van der Waals surface area contributed by atoms with Crippen LogP contribution in [-0.4, -0.2) is 0 Å². The first-order valence-electron chi connectivity index (χ1n) is 16.1. The lowest BCUT2D eigenvalue weighted by Crippen LogP contribution is -2.45. The third-order valence-corrected chi connectivity index (χ3v) is 8.95. The van der Waals surface area contributed by atoms with Crippen LogP contribution in [0.2, 0.25) is 0 Å². The molecule has 0 atom stereocenters. The first-order chi connectivity index (χ1) is 22.0. The third-order valence-electron chi connectivity index (χ3n) is 8.95. The quantitative estimate of drug-likeness (QED) is 0.145. The molecule has 45 heavy (non-hydrogen) atoms. The second-order valence-electron chi connectivity index (χ2n) is 12.4. The molecule has 1 heteroatoms. The van der Waals surface area contributed by atoms with E-state index < -0.39 is 11.2 Å². The Morgan fingerprint density at radius 1 is 0.333 bits per heavy atom. The highest BCUT2D eigenvalue weighted by Gasteiger charge is 2.50. The molecule has 0 spiro atoms. The van der Waals surface area contributed by atoms with Crippen molar-refractivity contribution in [2.45, 2.75) is 50.7 Å². The Morgan fingerprint density at radius 3 is 0.844 bits per heavy atom. The highest BCUT2D eigenvalue weighted by atomic mass is 16.5. The van der Waals surface area contributed by atoms with Gasteiger partial charge in [-0.05, 0) is 56.3 Å². The zero-order valence-electron chi connectivity index (χ0n) is 26.7. The second-order valence-corrected chi connectivity index (χ2v) is 12.4. The van der Waals surface area contributed by atoms with Crippen LogP contribution in [0.25, 0.3) is 0 Å². The van der Waals surface area contributed by atoms with Crippen LogP contribution < -0.4 is 0 Å². The lowest BCUT2D eigenvalue weighted by Gasteiger charge is -2.48. The molecule has 0 aliphatic rings. The first kappa shape index (κ1) is 30.3. The molecular weight excluding hydrogens is 544 g/mol. The minimum atomic E-state index is -0.973. The van der Waals surface area contributed by atoms with E-state index in [0.717, 1.165) is 33.4 Å². The van der Waals surface area contributed by atoms with E-state index in [4.69, 9.17) is 4.74 Å². The van der Waals surface area contributed by atoms with E-state index in [9.17, 15) is 0 Å². The molecule has 0 bridgehead atoms. The Hall–Kier alpha value is -4.72. The summed E-state index contributed by atoms with van der Waals surface area (Å²) < 4.78 is 8.32. The summed E-state index contributed by atoms with van der Waals surface area (Å²) in [5, 5.41) is 0. The van der Waals surface area contributed by atoms with Crippen molar-refractivity contribution in [3.05, 3.63) is 214 Å². The summed E-state index contributed by atoms with van der Waals surface area (Å²) in [7, 11) is 0. The van der Waals surface area contributed by atoms with Gasteiger partial charge in [0.15, 0.2) is 0 Å². The van der Waals surface area contributed by atoms with Crippen molar-refractivity contribution in [1.29, 1.82) is 0 Å². The number of ether oxygens (including phenoxy) is 1. The van der Waals surface area contributed by atoms with Gasteiger partial charge in [-0.15, -0.1) is 0 Å². The lowest BCUT2D eigenvalue weighted by molar-refractivity contribution is -0.0820. The predicted molar refractivity (Wildman–Crippen MR) is 188 cm³/mol. The van der Waals surface area contributed by atoms with Crippen molar-refractivity contribution in [2.75, 3.05) is 0 Å². The molecule has 6 aromatic carbocycles. The average molecular weight is 587 g/mol. The minimum absolute atomic E-state index is 0.280. The maximum atomic E-state index is 8.32. The molecule has 0 aromatic heterocycles. The minimum Gasteiger partial charge on any atom is -0.340 e. The monoisotopic (exact) mass is 586 g/mol. The Balaban J connectivity index is 1.84. The van der Waals surface area contributed by atoms with Crippen LogP contribution in [-0.2, 0) is 15.9 Å². The van der Waals surface area contributed by atoms with E-state index >= 15 is 0 Å². The Bertz CT molecular complexity index is 1590. The molecule has 6 rings (SSSR count). The summed E-state index contributed by atoms with van der Waals surface area (Å²) in [4.78, 5) is 0. The zero-order valence-corrected chi connectivity index (χ0v) is 26.7. The molecule has 0 radical (unpaired) electrons. The molecule has 0 aliphatic carbocycles. The molecule has 0 heterocycles. The van der Waals surface area contributed by atoms with Crippen molar-refractivity contribution in [3.8, 4) is 0 Å².